The first kappa shape index (κ1) is 19.1. The minimum Gasteiger partial charge on any atom is -0.260 e. The molecule has 0 N–H and O–H groups in total. The lowest BCUT2D eigenvalue weighted by Crippen LogP contribution is -2.09. The average molecular weight is 398 g/mol. The van der Waals surface area contributed by atoms with Crippen LogP contribution in [-0.4, -0.2) is 24.5 Å². The molecule has 0 fully saturated rings. The van der Waals surface area contributed by atoms with Crippen LogP contribution in [0.25, 0.3) is 11.3 Å². The van der Waals surface area contributed by atoms with Gasteiger partial charge in [0.25, 0.3) is 0 Å². The van der Waals surface area contributed by atoms with Gasteiger partial charge in [0.1, 0.15) is 5.82 Å². The van der Waals surface area contributed by atoms with E-state index in [4.69, 9.17) is 0 Å². The SMILES string of the molecule is CS(=O)(=O)c1ccc(-c2cc(C(F)(F)F)nn2Cc2ccc(F)cc2)cc1. The van der Waals surface area contributed by atoms with Crippen molar-refractivity contribution in [2.45, 2.75) is 17.6 Å². The largest absolute Gasteiger partial charge is 0.435 e. The Kier molecular flexibility index (Phi) is 4.81. The minimum absolute atomic E-state index is 0.000475. The molecular weight excluding hydrogens is 384 g/mol. The fourth-order valence-electron chi connectivity index (χ4n) is 2.54. The van der Waals surface area contributed by atoms with Crippen LogP contribution in [0, 0.1) is 5.82 Å². The molecule has 0 aliphatic heterocycles. The molecule has 3 aromatic rings. The summed E-state index contributed by atoms with van der Waals surface area (Å²) in [5.74, 6) is -0.452. The van der Waals surface area contributed by atoms with E-state index in [0.717, 1.165) is 17.0 Å². The van der Waals surface area contributed by atoms with E-state index >= 15 is 0 Å². The summed E-state index contributed by atoms with van der Waals surface area (Å²) < 4.78 is 76.6. The Labute approximate surface area is 153 Å². The van der Waals surface area contributed by atoms with E-state index in [1.807, 2.05) is 0 Å². The molecule has 0 aliphatic carbocycles. The second-order valence-corrected chi connectivity index (χ2v) is 8.01. The standard InChI is InChI=1S/C18H14F4N2O2S/c1-27(25,26)15-8-4-13(5-9-15)16-10-17(18(20,21)22)23-24(16)11-12-2-6-14(19)7-3-12/h2-10H,11H2,1H3. The first-order chi connectivity index (χ1) is 12.5. The lowest BCUT2D eigenvalue weighted by molar-refractivity contribution is -0.141. The van der Waals surface area contributed by atoms with E-state index in [2.05, 4.69) is 5.10 Å². The summed E-state index contributed by atoms with van der Waals surface area (Å²) in [5, 5.41) is 3.63. The Bertz CT molecular complexity index is 1050. The van der Waals surface area contributed by atoms with E-state index in [-0.39, 0.29) is 17.1 Å². The molecule has 0 saturated heterocycles. The van der Waals surface area contributed by atoms with Crippen molar-refractivity contribution in [1.29, 1.82) is 0 Å². The van der Waals surface area contributed by atoms with E-state index in [1.54, 1.807) is 0 Å². The highest BCUT2D eigenvalue weighted by Gasteiger charge is 2.35. The lowest BCUT2D eigenvalue weighted by Gasteiger charge is -2.08. The van der Waals surface area contributed by atoms with E-state index in [9.17, 15) is 26.0 Å². The molecule has 0 spiro atoms. The molecular formula is C18H14F4N2O2S. The van der Waals surface area contributed by atoms with Crippen LogP contribution in [0.5, 0.6) is 0 Å². The van der Waals surface area contributed by atoms with Crippen LogP contribution in [0.15, 0.2) is 59.5 Å². The van der Waals surface area contributed by atoms with Crippen LogP contribution >= 0.6 is 0 Å². The fraction of sp³-hybridized carbons (Fsp3) is 0.167. The predicted octanol–water partition coefficient (Wildman–Crippen LogP) is 4.16. The van der Waals surface area contributed by atoms with Crippen LogP contribution in [-0.2, 0) is 22.6 Å². The molecule has 0 bridgehead atoms. The molecule has 0 aliphatic rings. The first-order valence-electron chi connectivity index (χ1n) is 7.74. The summed E-state index contributed by atoms with van der Waals surface area (Å²) in [6.45, 7) is -0.000475. The van der Waals surface area contributed by atoms with Gasteiger partial charge in [-0.15, -0.1) is 0 Å². The van der Waals surface area contributed by atoms with Crippen LogP contribution in [0.4, 0.5) is 17.6 Å². The molecule has 1 aromatic heterocycles. The second-order valence-electron chi connectivity index (χ2n) is 5.99. The molecule has 0 radical (unpaired) electrons. The highest BCUT2D eigenvalue weighted by molar-refractivity contribution is 7.90. The number of rotatable bonds is 4. The number of halogens is 4. The van der Waals surface area contributed by atoms with Gasteiger partial charge in [0.2, 0.25) is 0 Å². The van der Waals surface area contributed by atoms with E-state index in [0.29, 0.717) is 11.1 Å². The van der Waals surface area contributed by atoms with Crippen molar-refractivity contribution in [1.82, 2.24) is 9.78 Å². The normalized spacial score (nSPS) is 12.3. The fourth-order valence-corrected chi connectivity index (χ4v) is 3.17. The van der Waals surface area contributed by atoms with Crippen LogP contribution in [0.2, 0.25) is 0 Å². The monoisotopic (exact) mass is 398 g/mol. The maximum atomic E-state index is 13.1. The summed E-state index contributed by atoms with van der Waals surface area (Å²) in [4.78, 5) is 0.0619. The molecule has 1 heterocycles. The van der Waals surface area contributed by atoms with Gasteiger partial charge in [0.15, 0.2) is 15.5 Å². The lowest BCUT2D eigenvalue weighted by atomic mass is 10.1. The van der Waals surface area contributed by atoms with Crippen molar-refractivity contribution < 1.29 is 26.0 Å². The van der Waals surface area contributed by atoms with Gasteiger partial charge in [-0.25, -0.2) is 12.8 Å². The van der Waals surface area contributed by atoms with Crippen molar-refractivity contribution >= 4 is 9.84 Å². The molecule has 3 rings (SSSR count). The van der Waals surface area contributed by atoms with Gasteiger partial charge in [0.05, 0.1) is 17.1 Å². The van der Waals surface area contributed by atoms with Crippen LogP contribution in [0.1, 0.15) is 11.3 Å². The Balaban J connectivity index is 2.05. The minimum atomic E-state index is -4.63. The van der Waals surface area contributed by atoms with Gasteiger partial charge in [-0.3, -0.25) is 4.68 Å². The van der Waals surface area contributed by atoms with E-state index in [1.165, 1.54) is 48.5 Å². The molecule has 0 amide bonds. The average Bonchev–Trinajstić information content (AvgIpc) is 3.00. The summed E-state index contributed by atoms with van der Waals surface area (Å²) in [7, 11) is -3.42. The second kappa shape index (κ2) is 6.80. The highest BCUT2D eigenvalue weighted by Crippen LogP contribution is 2.32. The highest BCUT2D eigenvalue weighted by atomic mass is 32.2. The Morgan fingerprint density at radius 2 is 1.59 bits per heavy atom. The van der Waals surface area contributed by atoms with E-state index < -0.39 is 27.5 Å². The Morgan fingerprint density at radius 3 is 2.11 bits per heavy atom. The van der Waals surface area contributed by atoms with Gasteiger partial charge in [-0.05, 0) is 41.5 Å². The van der Waals surface area contributed by atoms with Crippen LogP contribution < -0.4 is 0 Å². The third-order valence-electron chi connectivity index (χ3n) is 3.89. The molecule has 142 valence electrons. The molecule has 27 heavy (non-hydrogen) atoms. The molecule has 2 aromatic carbocycles. The van der Waals surface area contributed by atoms with Crippen molar-refractivity contribution in [3.63, 3.8) is 0 Å². The van der Waals surface area contributed by atoms with Crippen molar-refractivity contribution in [2.24, 2.45) is 0 Å². The molecule has 0 atom stereocenters. The quantitative estimate of drug-likeness (QED) is 0.620. The predicted molar refractivity (Wildman–Crippen MR) is 91.3 cm³/mol. The maximum absolute atomic E-state index is 13.1. The zero-order valence-corrected chi connectivity index (χ0v) is 14.9. The number of nitrogens with zero attached hydrogens (tertiary/aromatic N) is 2. The zero-order chi connectivity index (χ0) is 19.8. The smallest absolute Gasteiger partial charge is 0.260 e. The number of hydrogen-bond donors (Lipinski definition) is 0. The topological polar surface area (TPSA) is 52.0 Å². The number of aromatic nitrogens is 2. The number of benzene rings is 2. The zero-order valence-electron chi connectivity index (χ0n) is 14.0. The molecule has 0 unspecified atom stereocenters. The summed E-state index contributed by atoms with van der Waals surface area (Å²) in [6, 6.07) is 11.7. The summed E-state index contributed by atoms with van der Waals surface area (Å²) in [5.41, 5.74) is 0.0632. The van der Waals surface area contributed by atoms with Gasteiger partial charge in [0, 0.05) is 6.26 Å². The van der Waals surface area contributed by atoms with Gasteiger partial charge in [-0.2, -0.15) is 18.3 Å². The Morgan fingerprint density at radius 1 is 1.00 bits per heavy atom. The first-order valence-corrected chi connectivity index (χ1v) is 9.63. The van der Waals surface area contributed by atoms with Crippen molar-refractivity contribution in [3.05, 3.63) is 71.7 Å². The third-order valence-corrected chi connectivity index (χ3v) is 5.02. The van der Waals surface area contributed by atoms with Gasteiger partial charge >= 0.3 is 6.18 Å². The number of sulfone groups is 1. The Hall–Kier alpha value is -2.68. The molecule has 9 heteroatoms. The van der Waals surface area contributed by atoms with Crippen molar-refractivity contribution in [3.8, 4) is 11.3 Å². The summed E-state index contributed by atoms with van der Waals surface area (Å²) in [6.07, 6.45) is -3.59. The van der Waals surface area contributed by atoms with Gasteiger partial charge in [-0.1, -0.05) is 24.3 Å². The van der Waals surface area contributed by atoms with Gasteiger partial charge < -0.3 is 0 Å². The summed E-state index contributed by atoms with van der Waals surface area (Å²) >= 11 is 0. The third kappa shape index (κ3) is 4.36. The maximum Gasteiger partial charge on any atom is 0.435 e. The number of hydrogen-bond acceptors (Lipinski definition) is 3. The molecule has 0 saturated carbocycles. The molecule has 4 nitrogen and oxygen atoms in total. The van der Waals surface area contributed by atoms with Crippen molar-refractivity contribution in [2.75, 3.05) is 6.26 Å². The van der Waals surface area contributed by atoms with Crippen LogP contribution in [0.3, 0.4) is 0 Å². The number of alkyl halides is 3.